The average Bonchev–Trinajstić information content (AvgIpc) is 2.46. The highest BCUT2D eigenvalue weighted by Crippen LogP contribution is 2.21. The van der Waals surface area contributed by atoms with Gasteiger partial charge in [0.1, 0.15) is 5.84 Å². The van der Waals surface area contributed by atoms with E-state index in [0.717, 1.165) is 11.1 Å². The molecule has 2 rings (SSSR count). The number of amidine groups is 1. The minimum atomic E-state index is -0.0158. The molecular formula is C16H16N2. The molecule has 0 spiro atoms. The molecule has 0 radical (unpaired) electrons. The summed E-state index contributed by atoms with van der Waals surface area (Å²) in [7, 11) is 0. The van der Waals surface area contributed by atoms with Crippen molar-refractivity contribution in [3.05, 3.63) is 84.4 Å². The Balaban J connectivity index is 2.35. The SMILES string of the molecule is C=CC(=N)NC(c1ccccc1)c1ccccc1. The first-order chi connectivity index (χ1) is 8.81. The van der Waals surface area contributed by atoms with Gasteiger partial charge in [-0.25, -0.2) is 0 Å². The highest BCUT2D eigenvalue weighted by Gasteiger charge is 2.13. The second-order valence-corrected chi connectivity index (χ2v) is 4.02. The van der Waals surface area contributed by atoms with Gasteiger partial charge in [-0.3, -0.25) is 5.41 Å². The standard InChI is InChI=1S/C16H16N2/c1-2-15(17)18-16(13-9-5-3-6-10-13)14-11-7-4-8-12-14/h2-12,16H,1H2,(H2,17,18). The average molecular weight is 236 g/mol. The van der Waals surface area contributed by atoms with Gasteiger partial charge in [0.05, 0.1) is 6.04 Å². The Labute approximate surface area is 107 Å². The van der Waals surface area contributed by atoms with Gasteiger partial charge in [0, 0.05) is 0 Å². The van der Waals surface area contributed by atoms with Gasteiger partial charge in [-0.2, -0.15) is 0 Å². The summed E-state index contributed by atoms with van der Waals surface area (Å²) in [5, 5.41) is 10.9. The van der Waals surface area contributed by atoms with Crippen molar-refractivity contribution in [2.45, 2.75) is 6.04 Å². The molecule has 0 aliphatic carbocycles. The van der Waals surface area contributed by atoms with Crippen LogP contribution in [0.15, 0.2) is 73.3 Å². The molecular weight excluding hydrogens is 220 g/mol. The van der Waals surface area contributed by atoms with Crippen molar-refractivity contribution in [3.8, 4) is 0 Å². The van der Waals surface area contributed by atoms with Crippen LogP contribution in [0.2, 0.25) is 0 Å². The van der Waals surface area contributed by atoms with Crippen LogP contribution in [0.25, 0.3) is 0 Å². The fourth-order valence-corrected chi connectivity index (χ4v) is 1.86. The van der Waals surface area contributed by atoms with Crippen molar-refractivity contribution in [2.75, 3.05) is 0 Å². The van der Waals surface area contributed by atoms with Crippen molar-refractivity contribution in [1.82, 2.24) is 5.32 Å². The van der Waals surface area contributed by atoms with Crippen LogP contribution >= 0.6 is 0 Å². The van der Waals surface area contributed by atoms with Crippen LogP contribution in [0.4, 0.5) is 0 Å². The Kier molecular flexibility index (Phi) is 3.92. The molecule has 2 heteroatoms. The van der Waals surface area contributed by atoms with Gasteiger partial charge < -0.3 is 5.32 Å². The minimum absolute atomic E-state index is 0.0158. The Hall–Kier alpha value is -2.35. The molecule has 0 saturated carbocycles. The van der Waals surface area contributed by atoms with Crippen LogP contribution in [-0.2, 0) is 0 Å². The smallest absolute Gasteiger partial charge is 0.118 e. The minimum Gasteiger partial charge on any atom is -0.360 e. The first kappa shape index (κ1) is 12.1. The lowest BCUT2D eigenvalue weighted by Gasteiger charge is -2.20. The molecule has 90 valence electrons. The van der Waals surface area contributed by atoms with Crippen LogP contribution in [0.5, 0.6) is 0 Å². The molecule has 2 nitrogen and oxygen atoms in total. The van der Waals surface area contributed by atoms with Crippen LogP contribution in [0.1, 0.15) is 17.2 Å². The quantitative estimate of drug-likeness (QED) is 0.618. The maximum absolute atomic E-state index is 7.74. The van der Waals surface area contributed by atoms with E-state index in [9.17, 15) is 0 Å². The molecule has 0 aliphatic rings. The molecule has 0 heterocycles. The third-order valence-electron chi connectivity index (χ3n) is 2.77. The lowest BCUT2D eigenvalue weighted by Crippen LogP contribution is -2.27. The summed E-state index contributed by atoms with van der Waals surface area (Å²) in [5.74, 6) is 0.327. The zero-order chi connectivity index (χ0) is 12.8. The lowest BCUT2D eigenvalue weighted by atomic mass is 9.99. The van der Waals surface area contributed by atoms with Gasteiger partial charge in [-0.05, 0) is 17.2 Å². The van der Waals surface area contributed by atoms with Crippen molar-refractivity contribution in [3.63, 3.8) is 0 Å². The third-order valence-corrected chi connectivity index (χ3v) is 2.77. The fraction of sp³-hybridized carbons (Fsp3) is 0.0625. The van der Waals surface area contributed by atoms with Crippen molar-refractivity contribution in [2.24, 2.45) is 0 Å². The molecule has 0 fully saturated rings. The number of rotatable bonds is 4. The number of hydrogen-bond donors (Lipinski definition) is 2. The van der Waals surface area contributed by atoms with E-state index in [2.05, 4.69) is 36.2 Å². The van der Waals surface area contributed by atoms with Crippen LogP contribution in [0, 0.1) is 5.41 Å². The van der Waals surface area contributed by atoms with E-state index in [4.69, 9.17) is 5.41 Å². The van der Waals surface area contributed by atoms with E-state index in [0.29, 0.717) is 5.84 Å². The fourth-order valence-electron chi connectivity index (χ4n) is 1.86. The summed E-state index contributed by atoms with van der Waals surface area (Å²) in [4.78, 5) is 0. The highest BCUT2D eigenvalue weighted by molar-refractivity contribution is 5.90. The molecule has 0 unspecified atom stereocenters. The van der Waals surface area contributed by atoms with E-state index in [1.807, 2.05) is 36.4 Å². The highest BCUT2D eigenvalue weighted by atomic mass is 15.0. The van der Waals surface area contributed by atoms with Crippen molar-refractivity contribution >= 4 is 5.84 Å². The Bertz CT molecular complexity index is 478. The molecule has 0 saturated heterocycles. The van der Waals surface area contributed by atoms with Gasteiger partial charge >= 0.3 is 0 Å². The summed E-state index contributed by atoms with van der Waals surface area (Å²) in [6, 6.07) is 20.2. The van der Waals surface area contributed by atoms with Gasteiger partial charge in [-0.15, -0.1) is 0 Å². The summed E-state index contributed by atoms with van der Waals surface area (Å²) >= 11 is 0. The lowest BCUT2D eigenvalue weighted by molar-refractivity contribution is 0.761. The van der Waals surface area contributed by atoms with Gasteiger partial charge in [0.25, 0.3) is 0 Å². The zero-order valence-corrected chi connectivity index (χ0v) is 10.1. The maximum atomic E-state index is 7.74. The van der Waals surface area contributed by atoms with E-state index >= 15 is 0 Å². The third kappa shape index (κ3) is 2.86. The predicted octanol–water partition coefficient (Wildman–Crippen LogP) is 3.53. The van der Waals surface area contributed by atoms with Crippen LogP contribution < -0.4 is 5.32 Å². The molecule has 0 aliphatic heterocycles. The van der Waals surface area contributed by atoms with Crippen LogP contribution in [0.3, 0.4) is 0 Å². The van der Waals surface area contributed by atoms with E-state index in [1.54, 1.807) is 0 Å². The number of nitrogens with one attached hydrogen (secondary N) is 2. The molecule has 0 amide bonds. The monoisotopic (exact) mass is 236 g/mol. The summed E-state index contributed by atoms with van der Waals surface area (Å²) in [6.45, 7) is 3.61. The molecule has 0 bridgehead atoms. The van der Waals surface area contributed by atoms with Crippen molar-refractivity contribution in [1.29, 1.82) is 5.41 Å². The molecule has 2 aromatic carbocycles. The van der Waals surface area contributed by atoms with E-state index in [1.165, 1.54) is 6.08 Å². The summed E-state index contributed by atoms with van der Waals surface area (Å²) in [5.41, 5.74) is 2.27. The zero-order valence-electron chi connectivity index (χ0n) is 10.1. The van der Waals surface area contributed by atoms with Gasteiger partial charge in [0.2, 0.25) is 0 Å². The normalized spacial score (nSPS) is 10.1. The topological polar surface area (TPSA) is 35.9 Å². The van der Waals surface area contributed by atoms with E-state index in [-0.39, 0.29) is 6.04 Å². The molecule has 2 aromatic rings. The largest absolute Gasteiger partial charge is 0.360 e. The Morgan fingerprint density at radius 3 is 1.78 bits per heavy atom. The number of hydrogen-bond acceptors (Lipinski definition) is 1. The Morgan fingerprint density at radius 1 is 0.944 bits per heavy atom. The summed E-state index contributed by atoms with van der Waals surface area (Å²) in [6.07, 6.45) is 1.51. The molecule has 0 atom stereocenters. The van der Waals surface area contributed by atoms with Crippen molar-refractivity contribution < 1.29 is 0 Å². The second kappa shape index (κ2) is 5.82. The molecule has 2 N–H and O–H groups in total. The first-order valence-corrected chi connectivity index (χ1v) is 5.88. The van der Waals surface area contributed by atoms with E-state index < -0.39 is 0 Å². The molecule has 18 heavy (non-hydrogen) atoms. The predicted molar refractivity (Wildman–Crippen MR) is 75.8 cm³/mol. The Morgan fingerprint density at radius 2 is 1.39 bits per heavy atom. The van der Waals surface area contributed by atoms with Gasteiger partial charge in [0.15, 0.2) is 0 Å². The summed E-state index contributed by atoms with van der Waals surface area (Å²) < 4.78 is 0. The molecule has 0 aromatic heterocycles. The maximum Gasteiger partial charge on any atom is 0.118 e. The van der Waals surface area contributed by atoms with Crippen LogP contribution in [-0.4, -0.2) is 5.84 Å². The number of benzene rings is 2. The first-order valence-electron chi connectivity index (χ1n) is 5.88. The van der Waals surface area contributed by atoms with Gasteiger partial charge in [-0.1, -0.05) is 67.2 Å². The second-order valence-electron chi connectivity index (χ2n) is 4.02.